The maximum absolute atomic E-state index is 12.0. The molecule has 2 N–H and O–H groups in total. The summed E-state index contributed by atoms with van der Waals surface area (Å²) in [4.78, 5) is 12.0. The highest BCUT2D eigenvalue weighted by Crippen LogP contribution is 2.16. The van der Waals surface area contributed by atoms with Crippen LogP contribution >= 0.6 is 0 Å². The Morgan fingerprint density at radius 3 is 2.32 bits per heavy atom. The first-order valence-corrected chi connectivity index (χ1v) is 9.17. The zero-order valence-electron chi connectivity index (χ0n) is 15.9. The van der Waals surface area contributed by atoms with E-state index < -0.39 is 0 Å². The van der Waals surface area contributed by atoms with Crippen LogP contribution in [-0.4, -0.2) is 26.2 Å². The van der Waals surface area contributed by atoms with E-state index in [1.165, 1.54) is 5.56 Å². The van der Waals surface area contributed by atoms with Gasteiger partial charge in [0.2, 0.25) is 0 Å². The molecule has 0 saturated heterocycles. The lowest BCUT2D eigenvalue weighted by molar-refractivity contribution is -0.118. The van der Waals surface area contributed by atoms with E-state index in [2.05, 4.69) is 16.7 Å². The van der Waals surface area contributed by atoms with Crippen LogP contribution in [0.3, 0.4) is 0 Å². The largest absolute Gasteiger partial charge is 0.497 e. The molecule has 0 radical (unpaired) electrons. The molecule has 144 valence electrons. The zero-order chi connectivity index (χ0) is 19.6. The average Bonchev–Trinajstić information content (AvgIpc) is 2.74. The van der Waals surface area contributed by atoms with Crippen molar-refractivity contribution in [2.75, 3.05) is 30.9 Å². The van der Waals surface area contributed by atoms with Gasteiger partial charge in [-0.15, -0.1) is 0 Å². The first-order chi connectivity index (χ1) is 13.7. The van der Waals surface area contributed by atoms with Gasteiger partial charge in [-0.05, 0) is 60.5 Å². The molecule has 0 aromatic heterocycles. The summed E-state index contributed by atoms with van der Waals surface area (Å²) >= 11 is 0. The summed E-state index contributed by atoms with van der Waals surface area (Å²) in [5, 5.41) is 6.21. The third kappa shape index (κ3) is 6.06. The van der Waals surface area contributed by atoms with Crippen molar-refractivity contribution in [1.29, 1.82) is 0 Å². The van der Waals surface area contributed by atoms with E-state index in [1.54, 1.807) is 7.11 Å². The lowest BCUT2D eigenvalue weighted by Gasteiger charge is -2.10. The van der Waals surface area contributed by atoms with Crippen LogP contribution in [0.1, 0.15) is 5.56 Å². The van der Waals surface area contributed by atoms with E-state index in [4.69, 9.17) is 9.47 Å². The monoisotopic (exact) mass is 376 g/mol. The van der Waals surface area contributed by atoms with Gasteiger partial charge in [0, 0.05) is 17.9 Å². The molecule has 1 amide bonds. The molecule has 5 heteroatoms. The van der Waals surface area contributed by atoms with Crippen molar-refractivity contribution in [1.82, 2.24) is 0 Å². The van der Waals surface area contributed by atoms with Crippen molar-refractivity contribution in [2.45, 2.75) is 6.42 Å². The molecule has 0 unspecified atom stereocenters. The van der Waals surface area contributed by atoms with E-state index in [0.717, 1.165) is 30.1 Å². The van der Waals surface area contributed by atoms with Crippen LogP contribution in [0.25, 0.3) is 0 Å². The van der Waals surface area contributed by atoms with Crippen LogP contribution in [-0.2, 0) is 11.2 Å². The number of carbonyl (C=O) groups is 1. The predicted octanol–water partition coefficient (Wildman–Crippen LogP) is 4.37. The molecule has 0 aliphatic heterocycles. The molecule has 0 bridgehead atoms. The Hall–Kier alpha value is -3.47. The highest BCUT2D eigenvalue weighted by atomic mass is 16.5. The minimum atomic E-state index is -0.192. The number of hydrogen-bond donors (Lipinski definition) is 2. The fourth-order valence-electron chi connectivity index (χ4n) is 2.71. The Kier molecular flexibility index (Phi) is 6.90. The molecule has 0 spiro atoms. The fraction of sp³-hybridized carbons (Fsp3) is 0.174. The van der Waals surface area contributed by atoms with Crippen LogP contribution in [0.2, 0.25) is 0 Å². The minimum absolute atomic E-state index is 0.0233. The van der Waals surface area contributed by atoms with E-state index >= 15 is 0 Å². The summed E-state index contributed by atoms with van der Waals surface area (Å²) in [5.41, 5.74) is 2.95. The number of ether oxygens (including phenoxy) is 2. The van der Waals surface area contributed by atoms with Crippen LogP contribution in [0.5, 0.6) is 11.5 Å². The second-order valence-electron chi connectivity index (χ2n) is 6.26. The Morgan fingerprint density at radius 1 is 0.857 bits per heavy atom. The van der Waals surface area contributed by atoms with Crippen molar-refractivity contribution < 1.29 is 14.3 Å². The number of carbonyl (C=O) groups excluding carboxylic acids is 1. The number of hydrogen-bond acceptors (Lipinski definition) is 4. The van der Waals surface area contributed by atoms with Crippen molar-refractivity contribution in [3.63, 3.8) is 0 Å². The molecule has 3 aromatic rings. The molecule has 0 atom stereocenters. The zero-order valence-corrected chi connectivity index (χ0v) is 15.9. The van der Waals surface area contributed by atoms with E-state index in [-0.39, 0.29) is 12.5 Å². The van der Waals surface area contributed by atoms with Crippen LogP contribution < -0.4 is 20.1 Å². The molecule has 0 saturated carbocycles. The number of benzene rings is 3. The number of rotatable bonds is 9. The summed E-state index contributed by atoms with van der Waals surface area (Å²) in [5.74, 6) is 1.35. The summed E-state index contributed by atoms with van der Waals surface area (Å²) in [6, 6.07) is 25.0. The fourth-order valence-corrected chi connectivity index (χ4v) is 2.71. The Labute approximate surface area is 165 Å². The predicted molar refractivity (Wildman–Crippen MR) is 112 cm³/mol. The first kappa shape index (κ1) is 19.3. The lowest BCUT2D eigenvalue weighted by atomic mass is 10.1. The van der Waals surface area contributed by atoms with E-state index in [0.29, 0.717) is 5.75 Å². The smallest absolute Gasteiger partial charge is 0.262 e. The molecular formula is C23H24N2O3. The second kappa shape index (κ2) is 10.0. The van der Waals surface area contributed by atoms with Gasteiger partial charge in [0.05, 0.1) is 7.11 Å². The summed E-state index contributed by atoms with van der Waals surface area (Å²) in [6.07, 6.45) is 0.895. The third-order valence-corrected chi connectivity index (χ3v) is 4.16. The molecule has 0 aliphatic rings. The van der Waals surface area contributed by atoms with Crippen molar-refractivity contribution >= 4 is 17.3 Å². The highest BCUT2D eigenvalue weighted by molar-refractivity contribution is 5.92. The molecule has 3 aromatic carbocycles. The number of anilines is 2. The third-order valence-electron chi connectivity index (χ3n) is 4.16. The van der Waals surface area contributed by atoms with Gasteiger partial charge >= 0.3 is 0 Å². The maximum Gasteiger partial charge on any atom is 0.262 e. The molecule has 3 rings (SSSR count). The number of para-hydroxylation sites is 1. The number of nitrogens with one attached hydrogen (secondary N) is 2. The quantitative estimate of drug-likeness (QED) is 0.582. The maximum atomic E-state index is 12.0. The van der Waals surface area contributed by atoms with Gasteiger partial charge in [-0.2, -0.15) is 0 Å². The molecule has 0 aliphatic carbocycles. The Balaban J connectivity index is 1.42. The highest BCUT2D eigenvalue weighted by Gasteiger charge is 2.04. The second-order valence-corrected chi connectivity index (χ2v) is 6.26. The van der Waals surface area contributed by atoms with E-state index in [1.807, 2.05) is 72.8 Å². The van der Waals surface area contributed by atoms with Crippen LogP contribution in [0.15, 0.2) is 78.9 Å². The summed E-state index contributed by atoms with van der Waals surface area (Å²) in [6.45, 7) is 0.786. The Bertz CT molecular complexity index is 880. The first-order valence-electron chi connectivity index (χ1n) is 9.17. The van der Waals surface area contributed by atoms with Crippen molar-refractivity contribution in [2.24, 2.45) is 0 Å². The summed E-state index contributed by atoms with van der Waals surface area (Å²) < 4.78 is 10.7. The van der Waals surface area contributed by atoms with Gasteiger partial charge in [-0.25, -0.2) is 0 Å². The number of methoxy groups -OCH3 is 1. The van der Waals surface area contributed by atoms with Crippen LogP contribution in [0.4, 0.5) is 11.4 Å². The van der Waals surface area contributed by atoms with Gasteiger partial charge in [0.1, 0.15) is 11.5 Å². The average molecular weight is 376 g/mol. The van der Waals surface area contributed by atoms with Gasteiger partial charge in [0.15, 0.2) is 6.61 Å². The molecule has 0 fully saturated rings. The standard InChI is InChI=1S/C23H24N2O3/c1-27-22-9-5-6-18(16-22)14-15-24-19-10-12-20(13-11-19)25-23(26)17-28-21-7-3-2-4-8-21/h2-13,16,24H,14-15,17H2,1H3,(H,25,26). The van der Waals surface area contributed by atoms with Gasteiger partial charge in [-0.1, -0.05) is 30.3 Å². The normalized spacial score (nSPS) is 10.2. The van der Waals surface area contributed by atoms with Gasteiger partial charge in [-0.3, -0.25) is 4.79 Å². The van der Waals surface area contributed by atoms with Crippen molar-refractivity contribution in [3.05, 3.63) is 84.4 Å². The molecule has 0 heterocycles. The van der Waals surface area contributed by atoms with Gasteiger partial charge < -0.3 is 20.1 Å². The Morgan fingerprint density at radius 2 is 1.57 bits per heavy atom. The van der Waals surface area contributed by atoms with Gasteiger partial charge in [0.25, 0.3) is 5.91 Å². The minimum Gasteiger partial charge on any atom is -0.497 e. The van der Waals surface area contributed by atoms with Crippen molar-refractivity contribution in [3.8, 4) is 11.5 Å². The summed E-state index contributed by atoms with van der Waals surface area (Å²) in [7, 11) is 1.67. The topological polar surface area (TPSA) is 59.6 Å². The molecule has 5 nitrogen and oxygen atoms in total. The van der Waals surface area contributed by atoms with E-state index in [9.17, 15) is 4.79 Å². The number of amides is 1. The SMILES string of the molecule is COc1cccc(CCNc2ccc(NC(=O)COc3ccccc3)cc2)c1. The lowest BCUT2D eigenvalue weighted by Crippen LogP contribution is -2.20. The molecule has 28 heavy (non-hydrogen) atoms. The van der Waals surface area contributed by atoms with Crippen LogP contribution in [0, 0.1) is 0 Å². The molecular weight excluding hydrogens is 352 g/mol.